The molecule has 22 heavy (non-hydrogen) atoms. The molecule has 6 nitrogen and oxygen atoms in total. The van der Waals surface area contributed by atoms with E-state index >= 15 is 0 Å². The molecule has 2 N–H and O–H groups in total. The highest BCUT2D eigenvalue weighted by molar-refractivity contribution is 5.98. The number of ether oxygens (including phenoxy) is 3. The van der Waals surface area contributed by atoms with Crippen molar-refractivity contribution < 1.29 is 24.1 Å². The van der Waals surface area contributed by atoms with Crippen molar-refractivity contribution in [3.05, 3.63) is 47.5 Å². The summed E-state index contributed by atoms with van der Waals surface area (Å²) in [6.45, 7) is 0. The van der Waals surface area contributed by atoms with Crippen molar-refractivity contribution >= 4 is 11.7 Å². The molecule has 0 fully saturated rings. The van der Waals surface area contributed by atoms with Crippen LogP contribution in [0, 0.1) is 0 Å². The number of methoxy groups -OCH3 is 2. The summed E-state index contributed by atoms with van der Waals surface area (Å²) < 4.78 is 15.8. The maximum atomic E-state index is 12.1. The second kappa shape index (κ2) is 5.48. The number of aromatic hydroxyl groups is 1. The lowest BCUT2D eigenvalue weighted by Crippen LogP contribution is -2.10. The molecule has 2 aromatic carbocycles. The van der Waals surface area contributed by atoms with Gasteiger partial charge in [0.25, 0.3) is 0 Å². The molecule has 0 bridgehead atoms. The van der Waals surface area contributed by atoms with Gasteiger partial charge in [0.2, 0.25) is 6.23 Å². The minimum absolute atomic E-state index is 0.167. The van der Waals surface area contributed by atoms with Gasteiger partial charge in [-0.3, -0.25) is 0 Å². The van der Waals surface area contributed by atoms with Gasteiger partial charge in [0.15, 0.2) is 11.5 Å². The number of fused-ring (bicyclic) bond motifs is 1. The summed E-state index contributed by atoms with van der Waals surface area (Å²) in [5.74, 6) is 0.534. The molecule has 0 unspecified atom stereocenters. The Morgan fingerprint density at radius 1 is 1.09 bits per heavy atom. The molecule has 0 spiro atoms. The van der Waals surface area contributed by atoms with Crippen LogP contribution in [0.25, 0.3) is 0 Å². The second-order valence-corrected chi connectivity index (χ2v) is 4.74. The highest BCUT2D eigenvalue weighted by Crippen LogP contribution is 2.42. The minimum Gasteiger partial charge on any atom is -0.508 e. The van der Waals surface area contributed by atoms with Crippen LogP contribution in [0.15, 0.2) is 36.4 Å². The molecule has 114 valence electrons. The number of phenols is 1. The summed E-state index contributed by atoms with van der Waals surface area (Å²) in [5, 5.41) is 12.4. The molecule has 3 rings (SSSR count). The summed E-state index contributed by atoms with van der Waals surface area (Å²) >= 11 is 0. The van der Waals surface area contributed by atoms with Gasteiger partial charge in [-0.15, -0.1) is 0 Å². The largest absolute Gasteiger partial charge is 0.508 e. The van der Waals surface area contributed by atoms with Gasteiger partial charge < -0.3 is 24.6 Å². The van der Waals surface area contributed by atoms with Crippen LogP contribution in [0.4, 0.5) is 5.69 Å². The summed E-state index contributed by atoms with van der Waals surface area (Å²) in [6, 6.07) is 9.98. The maximum Gasteiger partial charge on any atom is 0.344 e. The van der Waals surface area contributed by atoms with Crippen molar-refractivity contribution in [3.63, 3.8) is 0 Å². The van der Waals surface area contributed by atoms with Gasteiger partial charge in [-0.05, 0) is 36.4 Å². The van der Waals surface area contributed by atoms with E-state index in [2.05, 4.69) is 5.32 Å². The number of anilines is 1. The van der Waals surface area contributed by atoms with E-state index < -0.39 is 12.2 Å². The number of esters is 1. The third kappa shape index (κ3) is 2.28. The van der Waals surface area contributed by atoms with E-state index in [1.165, 1.54) is 14.2 Å². The van der Waals surface area contributed by atoms with E-state index in [4.69, 9.17) is 14.2 Å². The number of benzene rings is 2. The lowest BCUT2D eigenvalue weighted by atomic mass is 10.1. The molecule has 0 aromatic heterocycles. The predicted octanol–water partition coefficient (Wildman–Crippen LogP) is 2.69. The number of phenolic OH excluding ortho intramolecular Hbond substituents is 1. The van der Waals surface area contributed by atoms with Crippen LogP contribution >= 0.6 is 0 Å². The van der Waals surface area contributed by atoms with Crippen LogP contribution in [0.5, 0.6) is 17.2 Å². The Bertz CT molecular complexity index is 711. The van der Waals surface area contributed by atoms with Crippen LogP contribution in [-0.4, -0.2) is 25.3 Å². The first-order chi connectivity index (χ1) is 10.6. The van der Waals surface area contributed by atoms with Crippen LogP contribution in [-0.2, 0) is 4.74 Å². The molecule has 2 aromatic rings. The number of carbonyl (C=O) groups is 1. The van der Waals surface area contributed by atoms with Gasteiger partial charge in [-0.1, -0.05) is 0 Å². The molecule has 6 heteroatoms. The summed E-state index contributed by atoms with van der Waals surface area (Å²) in [7, 11) is 2.99. The number of nitrogens with one attached hydrogen (secondary N) is 1. The van der Waals surface area contributed by atoms with Crippen molar-refractivity contribution in [1.29, 1.82) is 0 Å². The smallest absolute Gasteiger partial charge is 0.344 e. The molecule has 1 atom stereocenters. The van der Waals surface area contributed by atoms with Gasteiger partial charge in [-0.25, -0.2) is 4.79 Å². The Morgan fingerprint density at radius 3 is 2.45 bits per heavy atom. The van der Waals surface area contributed by atoms with Crippen molar-refractivity contribution in [2.75, 3.05) is 19.5 Å². The number of rotatable bonds is 4. The van der Waals surface area contributed by atoms with Crippen LogP contribution in [0.2, 0.25) is 0 Å². The molecule has 0 amide bonds. The fourth-order valence-electron chi connectivity index (χ4n) is 2.42. The maximum absolute atomic E-state index is 12.1. The number of hydrogen-bond acceptors (Lipinski definition) is 6. The molecule has 0 radical (unpaired) electrons. The molecule has 0 saturated heterocycles. The number of cyclic esters (lactones) is 1. The third-order valence-corrected chi connectivity index (χ3v) is 3.45. The Balaban J connectivity index is 1.96. The molecule has 1 heterocycles. The van der Waals surface area contributed by atoms with E-state index in [9.17, 15) is 9.90 Å². The molecule has 1 aliphatic heterocycles. The fraction of sp³-hybridized carbons (Fsp3) is 0.188. The predicted molar refractivity (Wildman–Crippen MR) is 79.4 cm³/mol. The van der Waals surface area contributed by atoms with E-state index in [-0.39, 0.29) is 5.75 Å². The van der Waals surface area contributed by atoms with Gasteiger partial charge in [0.05, 0.1) is 14.2 Å². The van der Waals surface area contributed by atoms with Crippen LogP contribution < -0.4 is 14.8 Å². The zero-order chi connectivity index (χ0) is 15.7. The van der Waals surface area contributed by atoms with Crippen molar-refractivity contribution in [2.24, 2.45) is 0 Å². The summed E-state index contributed by atoms with van der Waals surface area (Å²) in [4.78, 5) is 12.1. The fourth-order valence-corrected chi connectivity index (χ4v) is 2.42. The second-order valence-electron chi connectivity index (χ2n) is 4.74. The average molecular weight is 301 g/mol. The Hall–Kier alpha value is -2.89. The Labute approximate surface area is 127 Å². The lowest BCUT2D eigenvalue weighted by Gasteiger charge is -2.15. The molecular weight excluding hydrogens is 286 g/mol. The monoisotopic (exact) mass is 301 g/mol. The number of hydrogen-bond donors (Lipinski definition) is 2. The Morgan fingerprint density at radius 2 is 1.82 bits per heavy atom. The van der Waals surface area contributed by atoms with Crippen molar-refractivity contribution in [3.8, 4) is 17.2 Å². The van der Waals surface area contributed by atoms with E-state index in [1.54, 1.807) is 36.4 Å². The van der Waals surface area contributed by atoms with E-state index in [0.717, 1.165) is 5.69 Å². The Kier molecular flexibility index (Phi) is 3.50. The van der Waals surface area contributed by atoms with Gasteiger partial charge >= 0.3 is 5.97 Å². The molecular formula is C16H15NO5. The van der Waals surface area contributed by atoms with Crippen molar-refractivity contribution in [2.45, 2.75) is 6.23 Å². The number of carbonyl (C=O) groups excluding carboxylic acids is 1. The normalized spacial score (nSPS) is 15.9. The standard InChI is InChI=1S/C16H15NO5/c1-20-12-8-7-11-13(14(12)21-2)16(19)22-15(11)17-9-3-5-10(18)6-4-9/h3-8,15,17-18H,1-2H3/t15-/m0/s1. The highest BCUT2D eigenvalue weighted by Gasteiger charge is 2.35. The minimum atomic E-state index is -0.619. The van der Waals surface area contributed by atoms with Crippen LogP contribution in [0.1, 0.15) is 22.1 Å². The van der Waals surface area contributed by atoms with Gasteiger partial charge in [-0.2, -0.15) is 0 Å². The third-order valence-electron chi connectivity index (χ3n) is 3.45. The van der Waals surface area contributed by atoms with Gasteiger partial charge in [0, 0.05) is 11.3 Å². The topological polar surface area (TPSA) is 77.0 Å². The summed E-state index contributed by atoms with van der Waals surface area (Å²) in [5.41, 5.74) is 1.76. The molecule has 0 saturated carbocycles. The van der Waals surface area contributed by atoms with E-state index in [0.29, 0.717) is 22.6 Å². The quantitative estimate of drug-likeness (QED) is 0.668. The zero-order valence-electron chi connectivity index (χ0n) is 12.1. The molecule has 1 aliphatic rings. The van der Waals surface area contributed by atoms with Crippen molar-refractivity contribution in [1.82, 2.24) is 0 Å². The first-order valence-electron chi connectivity index (χ1n) is 6.65. The first kappa shape index (κ1) is 14.1. The van der Waals surface area contributed by atoms with Crippen LogP contribution in [0.3, 0.4) is 0 Å². The van der Waals surface area contributed by atoms with Gasteiger partial charge in [0.1, 0.15) is 11.3 Å². The zero-order valence-corrected chi connectivity index (χ0v) is 12.1. The summed E-state index contributed by atoms with van der Waals surface area (Å²) in [6.07, 6.45) is -0.619. The molecule has 0 aliphatic carbocycles. The average Bonchev–Trinajstić information content (AvgIpc) is 2.85. The SMILES string of the molecule is COc1ccc2c(c1OC)C(=O)O[C@@H]2Nc1ccc(O)cc1. The lowest BCUT2D eigenvalue weighted by molar-refractivity contribution is 0.0435. The first-order valence-corrected chi connectivity index (χ1v) is 6.65. The highest BCUT2D eigenvalue weighted by atomic mass is 16.6. The van der Waals surface area contributed by atoms with E-state index in [1.807, 2.05) is 0 Å².